The van der Waals surface area contributed by atoms with Gasteiger partial charge in [0.05, 0.1) is 5.69 Å². The van der Waals surface area contributed by atoms with Crippen molar-refractivity contribution in [3.8, 4) is 0 Å². The Bertz CT molecular complexity index is 753. The highest BCUT2D eigenvalue weighted by Gasteiger charge is 2.26. The SMILES string of the molecule is CCN(CC)C(=O)c1nc2c(s1)CCN(C(=O)c1cc(C)on1)CC2. The summed E-state index contributed by atoms with van der Waals surface area (Å²) < 4.78 is 4.99. The van der Waals surface area contributed by atoms with Gasteiger partial charge in [0.25, 0.3) is 11.8 Å². The van der Waals surface area contributed by atoms with E-state index in [0.717, 1.165) is 10.6 Å². The number of hydrogen-bond donors (Lipinski definition) is 0. The minimum atomic E-state index is -0.119. The topological polar surface area (TPSA) is 79.5 Å². The van der Waals surface area contributed by atoms with Crippen LogP contribution < -0.4 is 0 Å². The minimum Gasteiger partial charge on any atom is -0.361 e. The molecule has 0 saturated carbocycles. The number of thiazole rings is 1. The van der Waals surface area contributed by atoms with Crippen LogP contribution in [0, 0.1) is 6.92 Å². The number of aromatic nitrogens is 2. The van der Waals surface area contributed by atoms with E-state index in [9.17, 15) is 9.59 Å². The summed E-state index contributed by atoms with van der Waals surface area (Å²) in [5.74, 6) is 0.499. The summed E-state index contributed by atoms with van der Waals surface area (Å²) in [5.41, 5.74) is 1.28. The molecule has 7 nitrogen and oxygen atoms in total. The van der Waals surface area contributed by atoms with Crippen LogP contribution in [0.15, 0.2) is 10.6 Å². The first-order chi connectivity index (χ1) is 12.0. The Morgan fingerprint density at radius 3 is 2.64 bits per heavy atom. The van der Waals surface area contributed by atoms with E-state index >= 15 is 0 Å². The number of amides is 2. The Balaban J connectivity index is 1.71. The average molecular weight is 362 g/mol. The Morgan fingerprint density at radius 2 is 2.00 bits per heavy atom. The Morgan fingerprint density at radius 1 is 1.28 bits per heavy atom. The molecule has 1 aliphatic heterocycles. The summed E-state index contributed by atoms with van der Waals surface area (Å²) in [6.45, 7) is 8.23. The summed E-state index contributed by atoms with van der Waals surface area (Å²) in [7, 11) is 0. The second-order valence-electron chi connectivity index (χ2n) is 5.98. The lowest BCUT2D eigenvalue weighted by Gasteiger charge is -2.18. The van der Waals surface area contributed by atoms with Crippen LogP contribution >= 0.6 is 11.3 Å². The van der Waals surface area contributed by atoms with E-state index in [1.165, 1.54) is 11.3 Å². The molecule has 3 rings (SSSR count). The molecule has 3 heterocycles. The van der Waals surface area contributed by atoms with Gasteiger partial charge < -0.3 is 14.3 Å². The molecule has 0 aliphatic carbocycles. The molecule has 0 atom stereocenters. The van der Waals surface area contributed by atoms with Gasteiger partial charge in [-0.15, -0.1) is 11.3 Å². The molecule has 2 aromatic heterocycles. The van der Waals surface area contributed by atoms with E-state index in [1.807, 2.05) is 13.8 Å². The monoisotopic (exact) mass is 362 g/mol. The lowest BCUT2D eigenvalue weighted by atomic mass is 10.2. The number of carbonyl (C=O) groups excluding carboxylic acids is 2. The third kappa shape index (κ3) is 3.58. The van der Waals surface area contributed by atoms with Crippen molar-refractivity contribution in [2.75, 3.05) is 26.2 Å². The van der Waals surface area contributed by atoms with Gasteiger partial charge in [0.15, 0.2) is 10.7 Å². The maximum absolute atomic E-state index is 12.5. The van der Waals surface area contributed by atoms with Crippen molar-refractivity contribution in [2.45, 2.75) is 33.6 Å². The van der Waals surface area contributed by atoms with E-state index in [1.54, 1.807) is 22.8 Å². The van der Waals surface area contributed by atoms with Gasteiger partial charge in [-0.2, -0.15) is 0 Å². The van der Waals surface area contributed by atoms with Gasteiger partial charge in [0.1, 0.15) is 5.76 Å². The molecule has 25 heavy (non-hydrogen) atoms. The minimum absolute atomic E-state index is 0.00548. The predicted octanol–water partition coefficient (Wildman–Crippen LogP) is 2.16. The van der Waals surface area contributed by atoms with E-state index in [0.29, 0.717) is 55.5 Å². The van der Waals surface area contributed by atoms with Crippen molar-refractivity contribution in [3.05, 3.63) is 33.1 Å². The van der Waals surface area contributed by atoms with Crippen molar-refractivity contribution >= 4 is 23.2 Å². The fourth-order valence-corrected chi connectivity index (χ4v) is 4.00. The fourth-order valence-electron chi connectivity index (χ4n) is 2.93. The van der Waals surface area contributed by atoms with Gasteiger partial charge >= 0.3 is 0 Å². The normalized spacial score (nSPS) is 14.1. The van der Waals surface area contributed by atoms with Crippen LogP contribution in [-0.4, -0.2) is 57.9 Å². The zero-order valence-corrected chi connectivity index (χ0v) is 15.6. The van der Waals surface area contributed by atoms with E-state index in [4.69, 9.17) is 4.52 Å². The smallest absolute Gasteiger partial charge is 0.282 e. The molecule has 134 valence electrons. The Kier molecular flexibility index (Phi) is 5.17. The van der Waals surface area contributed by atoms with Gasteiger partial charge in [0, 0.05) is 50.0 Å². The molecular formula is C17H22N4O3S. The lowest BCUT2D eigenvalue weighted by molar-refractivity contribution is 0.0747. The fraction of sp³-hybridized carbons (Fsp3) is 0.529. The van der Waals surface area contributed by atoms with Crippen LogP contribution in [0.1, 0.15) is 50.5 Å². The zero-order chi connectivity index (χ0) is 18.0. The second-order valence-corrected chi connectivity index (χ2v) is 7.06. The molecule has 0 N–H and O–H groups in total. The molecule has 0 fully saturated rings. The Hall–Kier alpha value is -2.22. The quantitative estimate of drug-likeness (QED) is 0.833. The molecule has 0 bridgehead atoms. The number of nitrogens with zero attached hydrogens (tertiary/aromatic N) is 4. The molecule has 0 radical (unpaired) electrons. The third-order valence-corrected chi connectivity index (χ3v) is 5.52. The number of carbonyl (C=O) groups is 2. The maximum Gasteiger partial charge on any atom is 0.282 e. The first-order valence-electron chi connectivity index (χ1n) is 8.53. The van der Waals surface area contributed by atoms with Crippen LogP contribution in [-0.2, 0) is 12.8 Å². The number of fused-ring (bicyclic) bond motifs is 1. The van der Waals surface area contributed by atoms with Crippen LogP contribution in [0.4, 0.5) is 0 Å². The number of aryl methyl sites for hydroxylation is 1. The maximum atomic E-state index is 12.5. The first-order valence-corrected chi connectivity index (χ1v) is 9.35. The summed E-state index contributed by atoms with van der Waals surface area (Å²) >= 11 is 1.46. The predicted molar refractivity (Wildman–Crippen MR) is 93.9 cm³/mol. The second kappa shape index (κ2) is 7.35. The zero-order valence-electron chi connectivity index (χ0n) is 14.7. The van der Waals surface area contributed by atoms with E-state index in [-0.39, 0.29) is 11.8 Å². The van der Waals surface area contributed by atoms with Crippen molar-refractivity contribution in [2.24, 2.45) is 0 Å². The highest BCUT2D eigenvalue weighted by Crippen LogP contribution is 2.24. The van der Waals surface area contributed by atoms with E-state index in [2.05, 4.69) is 10.1 Å². The first kappa shape index (κ1) is 17.6. The highest BCUT2D eigenvalue weighted by atomic mass is 32.1. The summed E-state index contributed by atoms with van der Waals surface area (Å²) in [6.07, 6.45) is 1.36. The average Bonchev–Trinajstić information content (AvgIpc) is 3.17. The van der Waals surface area contributed by atoms with Gasteiger partial charge in [-0.05, 0) is 20.8 Å². The van der Waals surface area contributed by atoms with E-state index < -0.39 is 0 Å². The summed E-state index contributed by atoms with van der Waals surface area (Å²) in [4.78, 5) is 34.2. The van der Waals surface area contributed by atoms with Crippen LogP contribution in [0.3, 0.4) is 0 Å². The third-order valence-electron chi connectivity index (χ3n) is 4.37. The molecule has 1 aliphatic rings. The van der Waals surface area contributed by atoms with Gasteiger partial charge in [-0.25, -0.2) is 4.98 Å². The van der Waals surface area contributed by atoms with Gasteiger partial charge in [-0.3, -0.25) is 9.59 Å². The van der Waals surface area contributed by atoms with Crippen molar-refractivity contribution in [1.82, 2.24) is 19.9 Å². The Labute approximate surface area is 150 Å². The molecule has 2 aromatic rings. The van der Waals surface area contributed by atoms with Gasteiger partial charge in [-0.1, -0.05) is 5.16 Å². The molecule has 0 unspecified atom stereocenters. The molecular weight excluding hydrogens is 340 g/mol. The summed E-state index contributed by atoms with van der Waals surface area (Å²) in [6, 6.07) is 1.65. The molecule has 0 spiro atoms. The van der Waals surface area contributed by atoms with Crippen LogP contribution in [0.5, 0.6) is 0 Å². The summed E-state index contributed by atoms with van der Waals surface area (Å²) in [5, 5.41) is 4.36. The van der Waals surface area contributed by atoms with Crippen LogP contribution in [0.25, 0.3) is 0 Å². The van der Waals surface area contributed by atoms with Crippen molar-refractivity contribution in [3.63, 3.8) is 0 Å². The largest absolute Gasteiger partial charge is 0.361 e. The van der Waals surface area contributed by atoms with Crippen molar-refractivity contribution in [1.29, 1.82) is 0 Å². The van der Waals surface area contributed by atoms with Gasteiger partial charge in [0.2, 0.25) is 0 Å². The van der Waals surface area contributed by atoms with Crippen LogP contribution in [0.2, 0.25) is 0 Å². The van der Waals surface area contributed by atoms with Crippen molar-refractivity contribution < 1.29 is 14.1 Å². The standard InChI is InChI=1S/C17H22N4O3S/c1-4-20(5-2)17(23)15-18-12-6-8-21(9-7-14(12)25-15)16(22)13-10-11(3)24-19-13/h10H,4-9H2,1-3H3. The lowest BCUT2D eigenvalue weighted by Crippen LogP contribution is -2.33. The number of rotatable bonds is 4. The molecule has 0 saturated heterocycles. The number of hydrogen-bond acceptors (Lipinski definition) is 6. The molecule has 0 aromatic carbocycles. The molecule has 8 heteroatoms. The molecule has 2 amide bonds. The highest BCUT2D eigenvalue weighted by molar-refractivity contribution is 7.13.